The molecule has 1 fully saturated rings. The first-order chi connectivity index (χ1) is 17.1. The summed E-state index contributed by atoms with van der Waals surface area (Å²) in [5.74, 6) is 1.64. The Balaban J connectivity index is 0.000000265. The molecule has 1 saturated heterocycles. The van der Waals surface area contributed by atoms with E-state index in [-0.39, 0.29) is 11.9 Å². The quantitative estimate of drug-likeness (QED) is 0.463. The molecule has 5 heterocycles. The summed E-state index contributed by atoms with van der Waals surface area (Å²) in [4.78, 5) is 31.4. The van der Waals surface area contributed by atoms with E-state index < -0.39 is 0 Å². The average Bonchev–Trinajstić information content (AvgIpc) is 2.90. The van der Waals surface area contributed by atoms with Gasteiger partial charge in [0.2, 0.25) is 11.9 Å². The molecule has 2 bridgehead atoms. The van der Waals surface area contributed by atoms with E-state index in [0.29, 0.717) is 54.7 Å². The van der Waals surface area contributed by atoms with Crippen LogP contribution >= 0.6 is 0 Å². The van der Waals surface area contributed by atoms with Crippen LogP contribution in [0.3, 0.4) is 0 Å². The number of nitrogen functional groups attached to an aromatic ring is 1. The Labute approximate surface area is 202 Å². The van der Waals surface area contributed by atoms with Crippen LogP contribution in [0.1, 0.15) is 12.5 Å². The lowest BCUT2D eigenvalue weighted by Gasteiger charge is -2.28. The van der Waals surface area contributed by atoms with Crippen molar-refractivity contribution in [1.29, 1.82) is 0 Å². The summed E-state index contributed by atoms with van der Waals surface area (Å²) in [5, 5.41) is 2.82. The van der Waals surface area contributed by atoms with E-state index in [1.807, 2.05) is 36.4 Å². The summed E-state index contributed by atoms with van der Waals surface area (Å²) < 4.78 is 10.6. The zero-order valence-electron chi connectivity index (χ0n) is 19.3. The Hall–Kier alpha value is -4.31. The topological polar surface area (TPSA) is 128 Å². The van der Waals surface area contributed by atoms with Crippen LogP contribution in [0.4, 0.5) is 17.5 Å². The van der Waals surface area contributed by atoms with Crippen LogP contribution in [0.2, 0.25) is 0 Å². The molecule has 178 valence electrons. The Morgan fingerprint density at radius 3 is 2.43 bits per heavy atom. The van der Waals surface area contributed by atoms with Crippen molar-refractivity contribution >= 4 is 34.5 Å². The fourth-order valence-corrected chi connectivity index (χ4v) is 3.89. The molecular weight excluding hydrogens is 446 g/mol. The lowest BCUT2D eigenvalue weighted by molar-refractivity contribution is -0.114. The van der Waals surface area contributed by atoms with Crippen LogP contribution in [0.5, 0.6) is 5.75 Å². The van der Waals surface area contributed by atoms with Crippen molar-refractivity contribution in [3.8, 4) is 17.0 Å². The standard InChI is InChI=1S/C18H19N7O2.C7H6O/c1-11(26)21-13-5-3-2-4-12(13)14-10-20-16-15(22-14)17(24-18(19)23-16)25-6-8-27-9-7-25;1-3-7-4-2-6(1)5-8-7/h2-5,10H,6-9H2,1H3,(H,21,26)(H2,19,20,23,24);1-4H,5H2. The summed E-state index contributed by atoms with van der Waals surface area (Å²) in [5.41, 5.74) is 10.2. The number of fused-ring (bicyclic) bond motifs is 4. The van der Waals surface area contributed by atoms with Gasteiger partial charge in [0.15, 0.2) is 17.0 Å². The number of nitrogens with two attached hydrogens (primary N) is 1. The number of amides is 1. The molecule has 0 aliphatic carbocycles. The molecule has 4 aromatic rings. The SMILES string of the molecule is CC(=O)Nc1ccccc1-c1cnc2nc(N)nc(N3CCOCC3)c2n1.c1cc2ccc1CO2. The molecule has 3 N–H and O–H groups in total. The van der Waals surface area contributed by atoms with Gasteiger partial charge in [0.25, 0.3) is 0 Å². The van der Waals surface area contributed by atoms with Crippen molar-refractivity contribution in [2.45, 2.75) is 13.5 Å². The van der Waals surface area contributed by atoms with E-state index in [1.165, 1.54) is 12.5 Å². The van der Waals surface area contributed by atoms with Crippen LogP contribution in [-0.4, -0.2) is 52.1 Å². The van der Waals surface area contributed by atoms with Crippen LogP contribution in [0.15, 0.2) is 54.7 Å². The van der Waals surface area contributed by atoms with Crippen molar-refractivity contribution in [1.82, 2.24) is 19.9 Å². The van der Waals surface area contributed by atoms with Crippen molar-refractivity contribution in [2.75, 3.05) is 42.3 Å². The zero-order valence-corrected chi connectivity index (χ0v) is 19.3. The summed E-state index contributed by atoms with van der Waals surface area (Å²) in [6, 6.07) is 15.6. The van der Waals surface area contributed by atoms with Crippen LogP contribution < -0.4 is 20.7 Å². The van der Waals surface area contributed by atoms with Gasteiger partial charge >= 0.3 is 0 Å². The number of carbonyl (C=O) groups excluding carboxylic acids is 1. The fraction of sp³-hybridized carbons (Fsp3) is 0.240. The molecule has 10 nitrogen and oxygen atoms in total. The van der Waals surface area contributed by atoms with Crippen molar-refractivity contribution in [2.24, 2.45) is 0 Å². The van der Waals surface area contributed by atoms with Gasteiger partial charge in [-0.3, -0.25) is 4.79 Å². The summed E-state index contributed by atoms with van der Waals surface area (Å²) in [6.07, 6.45) is 1.62. The first-order valence-corrected chi connectivity index (χ1v) is 11.3. The first-order valence-electron chi connectivity index (χ1n) is 11.3. The minimum atomic E-state index is -0.152. The normalized spacial score (nSPS) is 14.1. The third-order valence-corrected chi connectivity index (χ3v) is 5.56. The molecule has 0 saturated carbocycles. The molecule has 7 rings (SSSR count). The number of aromatic nitrogens is 4. The molecular formula is C25H25N7O3. The molecule has 35 heavy (non-hydrogen) atoms. The third-order valence-electron chi connectivity index (χ3n) is 5.56. The molecule has 1 amide bonds. The van der Waals surface area contributed by atoms with Gasteiger partial charge in [0, 0.05) is 25.6 Å². The lowest BCUT2D eigenvalue weighted by atomic mass is 10.1. The average molecular weight is 472 g/mol. The van der Waals surface area contributed by atoms with E-state index in [4.69, 9.17) is 20.2 Å². The van der Waals surface area contributed by atoms with Gasteiger partial charge in [0.05, 0.1) is 30.8 Å². The summed E-state index contributed by atoms with van der Waals surface area (Å²) in [7, 11) is 0. The second-order valence-electron chi connectivity index (χ2n) is 8.09. The summed E-state index contributed by atoms with van der Waals surface area (Å²) >= 11 is 0. The van der Waals surface area contributed by atoms with E-state index >= 15 is 0 Å². The fourth-order valence-electron chi connectivity index (χ4n) is 3.89. The zero-order chi connectivity index (χ0) is 24.2. The smallest absolute Gasteiger partial charge is 0.224 e. The number of carbonyl (C=O) groups is 1. The van der Waals surface area contributed by atoms with Crippen molar-refractivity contribution in [3.63, 3.8) is 0 Å². The Bertz CT molecular complexity index is 1330. The molecule has 3 aliphatic heterocycles. The van der Waals surface area contributed by atoms with E-state index in [0.717, 1.165) is 17.9 Å². The van der Waals surface area contributed by atoms with Gasteiger partial charge in [-0.25, -0.2) is 9.97 Å². The number of nitrogens with one attached hydrogen (secondary N) is 1. The maximum atomic E-state index is 11.5. The first kappa shape index (κ1) is 22.5. The minimum Gasteiger partial charge on any atom is -0.489 e. The Morgan fingerprint density at radius 2 is 1.80 bits per heavy atom. The monoisotopic (exact) mass is 471 g/mol. The van der Waals surface area contributed by atoms with E-state index in [2.05, 4.69) is 37.3 Å². The van der Waals surface area contributed by atoms with E-state index in [1.54, 1.807) is 6.20 Å². The van der Waals surface area contributed by atoms with Gasteiger partial charge in [-0.1, -0.05) is 30.3 Å². The number of para-hydroxylation sites is 1. The summed E-state index contributed by atoms with van der Waals surface area (Å²) in [6.45, 7) is 4.85. The predicted molar refractivity (Wildman–Crippen MR) is 133 cm³/mol. The predicted octanol–water partition coefficient (Wildman–Crippen LogP) is 3.04. The number of hydrogen-bond acceptors (Lipinski definition) is 9. The highest BCUT2D eigenvalue weighted by molar-refractivity contribution is 5.94. The number of benzene rings is 2. The largest absolute Gasteiger partial charge is 0.489 e. The molecule has 0 radical (unpaired) electrons. The second-order valence-corrected chi connectivity index (χ2v) is 8.09. The van der Waals surface area contributed by atoms with Crippen molar-refractivity contribution in [3.05, 3.63) is 60.3 Å². The molecule has 2 aromatic carbocycles. The van der Waals surface area contributed by atoms with Gasteiger partial charge in [-0.15, -0.1) is 0 Å². The number of nitrogens with zero attached hydrogens (tertiary/aromatic N) is 5. The van der Waals surface area contributed by atoms with Gasteiger partial charge < -0.3 is 25.4 Å². The molecule has 10 heteroatoms. The third kappa shape index (κ3) is 5.12. The molecule has 0 spiro atoms. The lowest BCUT2D eigenvalue weighted by Crippen LogP contribution is -2.37. The number of hydrogen-bond donors (Lipinski definition) is 2. The molecule has 0 unspecified atom stereocenters. The molecule has 3 aliphatic rings. The number of morpholine rings is 1. The Kier molecular flexibility index (Phi) is 6.36. The number of anilines is 3. The Morgan fingerprint density at radius 1 is 1.03 bits per heavy atom. The maximum Gasteiger partial charge on any atom is 0.224 e. The van der Waals surface area contributed by atoms with Crippen LogP contribution in [-0.2, 0) is 16.1 Å². The van der Waals surface area contributed by atoms with Gasteiger partial charge in [-0.05, 0) is 23.8 Å². The van der Waals surface area contributed by atoms with Crippen LogP contribution in [0.25, 0.3) is 22.4 Å². The minimum absolute atomic E-state index is 0.152. The van der Waals surface area contributed by atoms with Gasteiger partial charge in [0.1, 0.15) is 12.4 Å². The highest BCUT2D eigenvalue weighted by Crippen LogP contribution is 2.29. The second kappa shape index (κ2) is 9.90. The molecule has 2 aromatic heterocycles. The highest BCUT2D eigenvalue weighted by atomic mass is 16.5. The number of rotatable bonds is 3. The maximum absolute atomic E-state index is 11.5. The van der Waals surface area contributed by atoms with Crippen molar-refractivity contribution < 1.29 is 14.3 Å². The van der Waals surface area contributed by atoms with E-state index in [9.17, 15) is 4.79 Å². The number of ether oxygens (including phenoxy) is 2. The highest BCUT2D eigenvalue weighted by Gasteiger charge is 2.20. The van der Waals surface area contributed by atoms with Crippen LogP contribution in [0, 0.1) is 0 Å². The van der Waals surface area contributed by atoms with Gasteiger partial charge in [-0.2, -0.15) is 9.97 Å². The molecule has 0 atom stereocenters.